The first-order valence-electron chi connectivity index (χ1n) is 8.42. The van der Waals surface area contributed by atoms with E-state index in [-0.39, 0.29) is 11.1 Å². The van der Waals surface area contributed by atoms with Crippen molar-refractivity contribution in [2.45, 2.75) is 76.8 Å². The van der Waals surface area contributed by atoms with Crippen LogP contribution in [0.15, 0.2) is 12.4 Å². The van der Waals surface area contributed by atoms with Gasteiger partial charge in [-0.15, -0.1) is 0 Å². The van der Waals surface area contributed by atoms with E-state index in [1.165, 1.54) is 0 Å². The molecule has 0 spiro atoms. The van der Waals surface area contributed by atoms with E-state index in [0.29, 0.717) is 17.9 Å². The molecule has 2 rings (SSSR count). The Kier molecular flexibility index (Phi) is 5.68. The molecule has 1 heterocycles. The Morgan fingerprint density at radius 2 is 1.52 bits per heavy atom. The first kappa shape index (κ1) is 18.2. The van der Waals surface area contributed by atoms with Crippen LogP contribution in [0.5, 0.6) is 11.8 Å². The third kappa shape index (κ3) is 4.91. The van der Waals surface area contributed by atoms with Crippen molar-refractivity contribution in [3.8, 4) is 11.8 Å². The predicted molar refractivity (Wildman–Crippen MR) is 93.5 cm³/mol. The smallest absolute Gasteiger partial charge is 0.316 e. The summed E-state index contributed by atoms with van der Waals surface area (Å²) in [5.41, 5.74) is 0. The fraction of sp³-hybridized carbons (Fsp3) is 0.765. The molecule has 1 aliphatic rings. The minimum Gasteiger partial charge on any atom is -0.494 e. The molecule has 0 amide bonds. The largest absolute Gasteiger partial charge is 0.494 e. The Labute approximate surface area is 140 Å². The lowest BCUT2D eigenvalue weighted by Gasteiger charge is -2.41. The molecule has 0 aromatic carbocycles. The lowest BCUT2D eigenvalue weighted by atomic mass is 9.95. The molecule has 0 atom stereocenters. The lowest BCUT2D eigenvalue weighted by Crippen LogP contribution is -2.45. The molecule has 23 heavy (non-hydrogen) atoms. The third-order valence-corrected chi connectivity index (χ3v) is 9.54. The Balaban J connectivity index is 1.81. The molecule has 0 bridgehead atoms. The average molecular weight is 339 g/mol. The molecule has 5 nitrogen and oxygen atoms in total. The van der Waals surface area contributed by atoms with E-state index in [1.807, 2.05) is 0 Å². The van der Waals surface area contributed by atoms with Crippen LogP contribution in [0.2, 0.25) is 18.1 Å². The molecule has 1 fully saturated rings. The monoisotopic (exact) mass is 338 g/mol. The van der Waals surface area contributed by atoms with E-state index in [0.717, 1.165) is 25.7 Å². The van der Waals surface area contributed by atoms with Gasteiger partial charge in [-0.3, -0.25) is 0 Å². The molecular formula is C17H30N2O3Si. The normalized spacial score (nSPS) is 22.7. The maximum Gasteiger partial charge on any atom is 0.316 e. The molecular weight excluding hydrogens is 308 g/mol. The molecule has 6 heteroatoms. The minimum atomic E-state index is -1.68. The van der Waals surface area contributed by atoms with Gasteiger partial charge in [-0.05, 0) is 43.8 Å². The summed E-state index contributed by atoms with van der Waals surface area (Å²) in [6.07, 6.45) is 7.91. The number of ether oxygens (including phenoxy) is 2. The minimum absolute atomic E-state index is 0.183. The van der Waals surface area contributed by atoms with Crippen molar-refractivity contribution in [3.05, 3.63) is 12.4 Å². The van der Waals surface area contributed by atoms with Crippen LogP contribution in [-0.4, -0.2) is 37.6 Å². The molecule has 0 radical (unpaired) electrons. The van der Waals surface area contributed by atoms with Crippen LogP contribution < -0.4 is 9.47 Å². The molecule has 0 unspecified atom stereocenters. The van der Waals surface area contributed by atoms with Crippen LogP contribution in [0.3, 0.4) is 0 Å². The Morgan fingerprint density at radius 3 is 2.00 bits per heavy atom. The number of aromatic nitrogens is 2. The average Bonchev–Trinajstić information content (AvgIpc) is 2.48. The summed E-state index contributed by atoms with van der Waals surface area (Å²) in [5.74, 6) is 0.642. The van der Waals surface area contributed by atoms with Gasteiger partial charge in [0.1, 0.15) is 6.10 Å². The van der Waals surface area contributed by atoms with Gasteiger partial charge in [-0.25, -0.2) is 0 Å². The van der Waals surface area contributed by atoms with Gasteiger partial charge in [-0.2, -0.15) is 9.97 Å². The zero-order valence-electron chi connectivity index (χ0n) is 15.3. The summed E-state index contributed by atoms with van der Waals surface area (Å²) in [4.78, 5) is 8.34. The highest BCUT2D eigenvalue weighted by Gasteiger charge is 2.40. The highest BCUT2D eigenvalue weighted by atomic mass is 28.4. The fourth-order valence-electron chi connectivity index (χ4n) is 2.48. The first-order valence-corrected chi connectivity index (χ1v) is 11.3. The highest BCUT2D eigenvalue weighted by Crippen LogP contribution is 2.39. The molecule has 1 aromatic rings. The predicted octanol–water partition coefficient (Wildman–Crippen LogP) is 4.20. The molecule has 1 aromatic heterocycles. The molecule has 1 aliphatic carbocycles. The van der Waals surface area contributed by atoms with Gasteiger partial charge < -0.3 is 13.9 Å². The topological polar surface area (TPSA) is 53.5 Å². The molecule has 1 saturated carbocycles. The Morgan fingerprint density at radius 1 is 1.00 bits per heavy atom. The maximum atomic E-state index is 6.51. The summed E-state index contributed by atoms with van der Waals surface area (Å²) in [6.45, 7) is 11.5. The molecule has 130 valence electrons. The van der Waals surface area contributed by atoms with Crippen LogP contribution >= 0.6 is 0 Å². The van der Waals surface area contributed by atoms with E-state index >= 15 is 0 Å². The van der Waals surface area contributed by atoms with Gasteiger partial charge >= 0.3 is 6.01 Å². The second-order valence-corrected chi connectivity index (χ2v) is 12.6. The third-order valence-electron chi connectivity index (χ3n) is 5.00. The molecule has 0 aliphatic heterocycles. The van der Waals surface area contributed by atoms with Gasteiger partial charge in [0.15, 0.2) is 14.1 Å². The van der Waals surface area contributed by atoms with Crippen molar-refractivity contribution in [3.63, 3.8) is 0 Å². The second-order valence-electron chi connectivity index (χ2n) is 7.80. The summed E-state index contributed by atoms with van der Waals surface area (Å²) in [5, 5.41) is 0.261. The number of rotatable bonds is 5. The zero-order valence-corrected chi connectivity index (χ0v) is 16.3. The number of hydrogen-bond acceptors (Lipinski definition) is 5. The van der Waals surface area contributed by atoms with Crippen LogP contribution in [0, 0.1) is 0 Å². The lowest BCUT2D eigenvalue weighted by molar-refractivity contribution is 0.0674. The summed E-state index contributed by atoms with van der Waals surface area (Å²) in [7, 11) is -0.0783. The van der Waals surface area contributed by atoms with Crippen LogP contribution in [-0.2, 0) is 4.43 Å². The quantitative estimate of drug-likeness (QED) is 0.753. The van der Waals surface area contributed by atoms with Crippen LogP contribution in [0.4, 0.5) is 0 Å². The Bertz CT molecular complexity index is 492. The van der Waals surface area contributed by atoms with Crippen molar-refractivity contribution >= 4 is 8.32 Å². The van der Waals surface area contributed by atoms with Crippen molar-refractivity contribution in [1.29, 1.82) is 0 Å². The maximum absolute atomic E-state index is 6.51. The van der Waals surface area contributed by atoms with Crippen molar-refractivity contribution in [2.24, 2.45) is 0 Å². The van der Waals surface area contributed by atoms with Crippen LogP contribution in [0.25, 0.3) is 0 Å². The van der Waals surface area contributed by atoms with Crippen molar-refractivity contribution < 1.29 is 13.9 Å². The van der Waals surface area contributed by atoms with E-state index in [4.69, 9.17) is 13.9 Å². The van der Waals surface area contributed by atoms with Crippen LogP contribution in [0.1, 0.15) is 46.5 Å². The van der Waals surface area contributed by atoms with E-state index in [2.05, 4.69) is 43.8 Å². The van der Waals surface area contributed by atoms with Gasteiger partial charge in [0.25, 0.3) is 0 Å². The van der Waals surface area contributed by atoms with E-state index in [9.17, 15) is 0 Å². The number of methoxy groups -OCH3 is 1. The standard InChI is InChI=1S/C17H30N2O3Si/c1-17(2,3)23(5,6)22-14-9-7-13(8-10-14)21-16-18-11-15(20-4)12-19-16/h11-14H,7-10H2,1-6H3. The van der Waals surface area contributed by atoms with Gasteiger partial charge in [0.05, 0.1) is 19.5 Å². The van der Waals surface area contributed by atoms with Crippen molar-refractivity contribution in [2.75, 3.05) is 7.11 Å². The van der Waals surface area contributed by atoms with Crippen molar-refractivity contribution in [1.82, 2.24) is 9.97 Å². The van der Waals surface area contributed by atoms with Gasteiger partial charge in [-0.1, -0.05) is 20.8 Å². The van der Waals surface area contributed by atoms with E-state index in [1.54, 1.807) is 19.5 Å². The fourth-order valence-corrected chi connectivity index (χ4v) is 3.90. The molecule has 0 N–H and O–H groups in total. The number of hydrogen-bond donors (Lipinski definition) is 0. The zero-order chi connectivity index (χ0) is 17.1. The van der Waals surface area contributed by atoms with Gasteiger partial charge in [0.2, 0.25) is 0 Å². The summed E-state index contributed by atoms with van der Waals surface area (Å²) >= 11 is 0. The highest BCUT2D eigenvalue weighted by molar-refractivity contribution is 6.74. The summed E-state index contributed by atoms with van der Waals surface area (Å²) < 4.78 is 17.4. The molecule has 0 saturated heterocycles. The number of nitrogens with zero attached hydrogens (tertiary/aromatic N) is 2. The first-order chi connectivity index (χ1) is 10.7. The van der Waals surface area contributed by atoms with Gasteiger partial charge in [0, 0.05) is 6.10 Å². The Hall–Kier alpha value is -1.14. The SMILES string of the molecule is COc1cnc(OC2CCC(O[Si](C)(C)C(C)(C)C)CC2)nc1. The second kappa shape index (κ2) is 7.17. The van der Waals surface area contributed by atoms with E-state index < -0.39 is 8.32 Å². The summed E-state index contributed by atoms with van der Waals surface area (Å²) in [6, 6.07) is 0.430.